The van der Waals surface area contributed by atoms with Gasteiger partial charge in [0.05, 0.1) is 18.8 Å². The second kappa shape index (κ2) is 7.81. The highest BCUT2D eigenvalue weighted by molar-refractivity contribution is 5.69. The highest BCUT2D eigenvalue weighted by atomic mass is 16.5. The molecule has 1 aliphatic rings. The van der Waals surface area contributed by atoms with E-state index in [0.717, 1.165) is 22.3 Å². The van der Waals surface area contributed by atoms with Crippen molar-refractivity contribution in [3.05, 3.63) is 60.0 Å². The number of benzene rings is 2. The van der Waals surface area contributed by atoms with E-state index in [1.807, 2.05) is 48.5 Å². The predicted molar refractivity (Wildman–Crippen MR) is 101 cm³/mol. The highest BCUT2D eigenvalue weighted by Gasteiger charge is 2.37. The Morgan fingerprint density at radius 2 is 1.75 bits per heavy atom. The average Bonchev–Trinajstić information content (AvgIpc) is 3.16. The first kappa shape index (κ1) is 18.8. The number of nitrogens with zero attached hydrogens (tertiary/aromatic N) is 2. The van der Waals surface area contributed by atoms with Crippen LogP contribution < -0.4 is 0 Å². The molecule has 0 bridgehead atoms. The van der Waals surface area contributed by atoms with Crippen LogP contribution in [0.4, 0.5) is 0 Å². The molecule has 2 heterocycles. The van der Waals surface area contributed by atoms with Crippen molar-refractivity contribution in [2.45, 2.75) is 37.8 Å². The fraction of sp³-hybridized carbons (Fsp3) is 0.333. The lowest BCUT2D eigenvalue weighted by Gasteiger charge is -2.36. The van der Waals surface area contributed by atoms with Crippen molar-refractivity contribution in [1.29, 1.82) is 0 Å². The van der Waals surface area contributed by atoms with Gasteiger partial charge in [-0.15, -0.1) is 10.2 Å². The molecule has 2 aromatic carbocycles. The second-order valence-electron chi connectivity index (χ2n) is 6.98. The Bertz CT molecular complexity index is 940. The summed E-state index contributed by atoms with van der Waals surface area (Å²) < 4.78 is 11.2. The number of aryl methyl sites for hydroxylation is 1. The molecule has 7 nitrogen and oxygen atoms in total. The zero-order chi connectivity index (χ0) is 19.7. The van der Waals surface area contributed by atoms with Crippen LogP contribution in [0.15, 0.2) is 52.9 Å². The summed E-state index contributed by atoms with van der Waals surface area (Å²) in [7, 11) is 0. The monoisotopic (exact) mass is 382 g/mol. The molecule has 28 heavy (non-hydrogen) atoms. The first-order valence-corrected chi connectivity index (χ1v) is 9.18. The average molecular weight is 382 g/mol. The SMILES string of the molecule is Cc1nnc(-c2cccc(-c3ccc(C4OC(CO)CC(O)C4O)cc3)c2)o1. The zero-order valence-electron chi connectivity index (χ0n) is 15.4. The molecule has 3 N–H and O–H groups in total. The van der Waals surface area contributed by atoms with Crippen molar-refractivity contribution in [3.63, 3.8) is 0 Å². The lowest BCUT2D eigenvalue weighted by Crippen LogP contribution is -2.44. The largest absolute Gasteiger partial charge is 0.421 e. The first-order chi connectivity index (χ1) is 13.5. The van der Waals surface area contributed by atoms with E-state index in [2.05, 4.69) is 10.2 Å². The van der Waals surface area contributed by atoms with E-state index in [9.17, 15) is 15.3 Å². The summed E-state index contributed by atoms with van der Waals surface area (Å²) in [6, 6.07) is 15.4. The first-order valence-electron chi connectivity index (χ1n) is 9.18. The van der Waals surface area contributed by atoms with Gasteiger partial charge in [-0.25, -0.2) is 0 Å². The van der Waals surface area contributed by atoms with E-state index < -0.39 is 24.4 Å². The summed E-state index contributed by atoms with van der Waals surface area (Å²) >= 11 is 0. The number of rotatable bonds is 4. The summed E-state index contributed by atoms with van der Waals surface area (Å²) in [6.07, 6.45) is -2.91. The molecule has 0 saturated carbocycles. The third kappa shape index (κ3) is 3.70. The quantitative estimate of drug-likeness (QED) is 0.635. The molecule has 3 aromatic rings. The van der Waals surface area contributed by atoms with E-state index in [0.29, 0.717) is 11.8 Å². The van der Waals surface area contributed by atoms with E-state index in [1.54, 1.807) is 6.92 Å². The smallest absolute Gasteiger partial charge is 0.247 e. The van der Waals surface area contributed by atoms with Gasteiger partial charge in [0.1, 0.15) is 12.2 Å². The summed E-state index contributed by atoms with van der Waals surface area (Å²) in [5.41, 5.74) is 3.55. The zero-order valence-corrected chi connectivity index (χ0v) is 15.4. The Balaban J connectivity index is 1.58. The molecule has 0 spiro atoms. The van der Waals surface area contributed by atoms with Gasteiger partial charge in [0.25, 0.3) is 0 Å². The van der Waals surface area contributed by atoms with E-state index in [1.165, 1.54) is 0 Å². The van der Waals surface area contributed by atoms with Crippen LogP contribution in [0.1, 0.15) is 24.0 Å². The Hall–Kier alpha value is -2.58. The fourth-order valence-corrected chi connectivity index (χ4v) is 3.46. The fourth-order valence-electron chi connectivity index (χ4n) is 3.46. The lowest BCUT2D eigenvalue weighted by molar-refractivity contribution is -0.179. The normalized spacial score (nSPS) is 25.0. The van der Waals surface area contributed by atoms with E-state index >= 15 is 0 Å². The number of aliphatic hydroxyl groups excluding tert-OH is 3. The summed E-state index contributed by atoms with van der Waals surface area (Å²) in [5, 5.41) is 37.6. The van der Waals surface area contributed by atoms with Gasteiger partial charge in [-0.1, -0.05) is 36.4 Å². The van der Waals surface area contributed by atoms with Crippen LogP contribution in [-0.2, 0) is 4.74 Å². The molecule has 4 rings (SSSR count). The molecule has 4 unspecified atom stereocenters. The number of hydrogen-bond donors (Lipinski definition) is 3. The third-order valence-electron chi connectivity index (χ3n) is 4.96. The summed E-state index contributed by atoms with van der Waals surface area (Å²) in [5.74, 6) is 0.984. The van der Waals surface area contributed by atoms with Crippen molar-refractivity contribution in [1.82, 2.24) is 10.2 Å². The van der Waals surface area contributed by atoms with Gasteiger partial charge in [-0.3, -0.25) is 0 Å². The Morgan fingerprint density at radius 3 is 2.43 bits per heavy atom. The highest BCUT2D eigenvalue weighted by Crippen LogP contribution is 2.33. The predicted octanol–water partition coefficient (Wildman–Crippen LogP) is 2.26. The van der Waals surface area contributed by atoms with Crippen LogP contribution in [0.2, 0.25) is 0 Å². The van der Waals surface area contributed by atoms with Crippen LogP contribution in [-0.4, -0.2) is 50.4 Å². The maximum absolute atomic E-state index is 10.3. The minimum Gasteiger partial charge on any atom is -0.421 e. The van der Waals surface area contributed by atoms with Gasteiger partial charge in [0, 0.05) is 18.9 Å². The molecule has 0 aliphatic carbocycles. The van der Waals surface area contributed by atoms with Gasteiger partial charge in [-0.2, -0.15) is 0 Å². The van der Waals surface area contributed by atoms with Crippen molar-refractivity contribution in [2.75, 3.05) is 6.61 Å². The molecular weight excluding hydrogens is 360 g/mol. The van der Waals surface area contributed by atoms with Gasteiger partial charge < -0.3 is 24.5 Å². The minimum atomic E-state index is -1.03. The molecule has 0 amide bonds. The molecule has 1 aliphatic heterocycles. The second-order valence-corrected chi connectivity index (χ2v) is 6.98. The number of ether oxygens (including phenoxy) is 1. The minimum absolute atomic E-state index is 0.194. The Kier molecular flexibility index (Phi) is 5.23. The van der Waals surface area contributed by atoms with Crippen LogP contribution in [0.25, 0.3) is 22.6 Å². The summed E-state index contributed by atoms with van der Waals surface area (Å²) in [6.45, 7) is 1.55. The summed E-state index contributed by atoms with van der Waals surface area (Å²) in [4.78, 5) is 0. The molecule has 146 valence electrons. The van der Waals surface area contributed by atoms with Crippen molar-refractivity contribution in [2.24, 2.45) is 0 Å². The maximum Gasteiger partial charge on any atom is 0.247 e. The molecule has 0 radical (unpaired) electrons. The van der Waals surface area contributed by atoms with Crippen LogP contribution in [0.5, 0.6) is 0 Å². The maximum atomic E-state index is 10.3. The number of hydrogen-bond acceptors (Lipinski definition) is 7. The van der Waals surface area contributed by atoms with E-state index in [4.69, 9.17) is 9.15 Å². The third-order valence-corrected chi connectivity index (χ3v) is 4.96. The van der Waals surface area contributed by atoms with Crippen LogP contribution in [0.3, 0.4) is 0 Å². The van der Waals surface area contributed by atoms with Crippen LogP contribution in [0, 0.1) is 6.92 Å². The van der Waals surface area contributed by atoms with Gasteiger partial charge >= 0.3 is 0 Å². The van der Waals surface area contributed by atoms with Crippen LogP contribution >= 0.6 is 0 Å². The molecule has 1 fully saturated rings. The van der Waals surface area contributed by atoms with Gasteiger partial charge in [0.15, 0.2) is 0 Å². The van der Waals surface area contributed by atoms with Crippen molar-refractivity contribution in [3.8, 4) is 22.6 Å². The number of aromatic nitrogens is 2. The molecule has 1 saturated heterocycles. The Morgan fingerprint density at radius 1 is 1.00 bits per heavy atom. The van der Waals surface area contributed by atoms with Crippen molar-refractivity contribution >= 4 is 0 Å². The molecule has 1 aromatic heterocycles. The molecule has 4 atom stereocenters. The molecular formula is C21H22N2O5. The van der Waals surface area contributed by atoms with Gasteiger partial charge in [-0.05, 0) is 28.8 Å². The Labute approximate surface area is 162 Å². The van der Waals surface area contributed by atoms with E-state index in [-0.39, 0.29) is 13.0 Å². The number of aliphatic hydroxyl groups is 3. The standard InChI is InChI=1S/C21H22N2O5/c1-12-22-23-21(27-12)16-4-2-3-15(9-16)13-5-7-14(8-6-13)20-19(26)18(25)10-17(11-24)28-20/h2-9,17-20,24-26H,10-11H2,1H3. The molecule has 7 heteroatoms. The topological polar surface area (TPSA) is 109 Å². The van der Waals surface area contributed by atoms with Crippen molar-refractivity contribution < 1.29 is 24.5 Å². The lowest BCUT2D eigenvalue weighted by atomic mass is 9.92. The van der Waals surface area contributed by atoms with Gasteiger partial charge in [0.2, 0.25) is 11.8 Å².